The van der Waals surface area contributed by atoms with Crippen molar-refractivity contribution in [3.05, 3.63) is 65.2 Å². The van der Waals surface area contributed by atoms with Crippen molar-refractivity contribution in [2.75, 3.05) is 18.6 Å². The summed E-state index contributed by atoms with van der Waals surface area (Å²) in [6.45, 7) is 0.908. The lowest BCUT2D eigenvalue weighted by Gasteiger charge is -2.17. The molecule has 0 bridgehead atoms. The number of ether oxygens (including phenoxy) is 1. The van der Waals surface area contributed by atoms with E-state index in [1.54, 1.807) is 7.11 Å². The molecule has 1 aliphatic rings. The minimum Gasteiger partial charge on any atom is -0.380 e. The molecule has 0 radical (unpaired) electrons. The molecule has 1 fully saturated rings. The number of benzene rings is 2. The zero-order valence-electron chi connectivity index (χ0n) is 14.9. The van der Waals surface area contributed by atoms with Crippen molar-refractivity contribution in [3.63, 3.8) is 0 Å². The standard InChI is InChI=1S/C20H20F2N2O3/c1-27-12-14-4-2-3-13(5-14)10-23-20(26)15-6-19(25)24(11-15)18-8-16(21)7-17(22)9-18/h2-5,7-9,15H,6,10-12H2,1H3,(H,23,26). The van der Waals surface area contributed by atoms with Crippen LogP contribution in [0.5, 0.6) is 0 Å². The average Bonchev–Trinajstić information content (AvgIpc) is 3.01. The number of hydrogen-bond acceptors (Lipinski definition) is 3. The van der Waals surface area contributed by atoms with Crippen molar-refractivity contribution in [2.45, 2.75) is 19.6 Å². The van der Waals surface area contributed by atoms with Gasteiger partial charge in [0.05, 0.1) is 12.5 Å². The number of rotatable bonds is 6. The monoisotopic (exact) mass is 374 g/mol. The molecular weight excluding hydrogens is 354 g/mol. The summed E-state index contributed by atoms with van der Waals surface area (Å²) < 4.78 is 31.9. The van der Waals surface area contributed by atoms with Gasteiger partial charge in [-0.25, -0.2) is 8.78 Å². The molecule has 27 heavy (non-hydrogen) atoms. The first kappa shape index (κ1) is 19.0. The Morgan fingerprint density at radius 3 is 2.59 bits per heavy atom. The van der Waals surface area contributed by atoms with Gasteiger partial charge >= 0.3 is 0 Å². The van der Waals surface area contributed by atoms with Crippen molar-refractivity contribution in [3.8, 4) is 0 Å². The second-order valence-electron chi connectivity index (χ2n) is 6.50. The lowest BCUT2D eigenvalue weighted by atomic mass is 10.1. The molecule has 1 atom stereocenters. The van der Waals surface area contributed by atoms with E-state index in [1.807, 2.05) is 24.3 Å². The smallest absolute Gasteiger partial charge is 0.227 e. The molecule has 1 saturated heterocycles. The van der Waals surface area contributed by atoms with Gasteiger partial charge in [0.25, 0.3) is 0 Å². The first-order valence-electron chi connectivity index (χ1n) is 8.57. The van der Waals surface area contributed by atoms with Crippen molar-refractivity contribution >= 4 is 17.5 Å². The molecule has 1 unspecified atom stereocenters. The number of hydrogen-bond donors (Lipinski definition) is 1. The molecule has 0 saturated carbocycles. The predicted octanol–water partition coefficient (Wildman–Crippen LogP) is 2.78. The van der Waals surface area contributed by atoms with Crippen molar-refractivity contribution in [1.29, 1.82) is 0 Å². The number of carbonyl (C=O) groups is 2. The van der Waals surface area contributed by atoms with Gasteiger partial charge in [-0.05, 0) is 23.3 Å². The Bertz CT molecular complexity index is 837. The molecule has 0 aliphatic carbocycles. The molecule has 7 heteroatoms. The Morgan fingerprint density at radius 1 is 1.19 bits per heavy atom. The van der Waals surface area contributed by atoms with Crippen LogP contribution in [0.2, 0.25) is 0 Å². The third kappa shape index (κ3) is 4.68. The summed E-state index contributed by atoms with van der Waals surface area (Å²) in [5.74, 6) is -2.68. The lowest BCUT2D eigenvalue weighted by Crippen LogP contribution is -2.32. The van der Waals surface area contributed by atoms with Gasteiger partial charge in [0.1, 0.15) is 11.6 Å². The van der Waals surface area contributed by atoms with Gasteiger partial charge in [-0.1, -0.05) is 24.3 Å². The van der Waals surface area contributed by atoms with Crippen LogP contribution in [-0.2, 0) is 27.5 Å². The van der Waals surface area contributed by atoms with E-state index in [1.165, 1.54) is 4.90 Å². The highest BCUT2D eigenvalue weighted by Gasteiger charge is 2.35. The summed E-state index contributed by atoms with van der Waals surface area (Å²) in [7, 11) is 1.61. The second kappa shape index (κ2) is 8.26. The fraction of sp³-hybridized carbons (Fsp3) is 0.300. The van der Waals surface area contributed by atoms with Crippen molar-refractivity contribution in [1.82, 2.24) is 5.32 Å². The molecule has 2 aromatic carbocycles. The summed E-state index contributed by atoms with van der Waals surface area (Å²) in [5.41, 5.74) is 2.05. The molecule has 1 heterocycles. The van der Waals surface area contributed by atoms with E-state index in [0.717, 1.165) is 29.3 Å². The summed E-state index contributed by atoms with van der Waals surface area (Å²) in [5, 5.41) is 2.82. The van der Waals surface area contributed by atoms with Gasteiger partial charge in [0, 0.05) is 38.4 Å². The van der Waals surface area contributed by atoms with E-state index in [4.69, 9.17) is 4.74 Å². The molecule has 142 valence electrons. The SMILES string of the molecule is COCc1cccc(CNC(=O)C2CC(=O)N(c3cc(F)cc(F)c3)C2)c1. The van der Waals surface area contributed by atoms with Gasteiger partial charge < -0.3 is 15.0 Å². The zero-order chi connectivity index (χ0) is 19.4. The number of methoxy groups -OCH3 is 1. The lowest BCUT2D eigenvalue weighted by molar-refractivity contribution is -0.126. The third-order valence-electron chi connectivity index (χ3n) is 4.42. The highest BCUT2D eigenvalue weighted by molar-refractivity contribution is 6.00. The predicted molar refractivity (Wildman–Crippen MR) is 95.8 cm³/mol. The first-order chi connectivity index (χ1) is 13.0. The molecule has 5 nitrogen and oxygen atoms in total. The normalized spacial score (nSPS) is 16.6. The number of carbonyl (C=O) groups excluding carboxylic acids is 2. The molecule has 2 amide bonds. The van der Waals surface area contributed by atoms with Crippen LogP contribution in [0, 0.1) is 17.6 Å². The molecule has 1 N–H and O–H groups in total. The van der Waals surface area contributed by atoms with E-state index in [2.05, 4.69) is 5.32 Å². The first-order valence-corrected chi connectivity index (χ1v) is 8.57. The highest BCUT2D eigenvalue weighted by Crippen LogP contribution is 2.26. The van der Waals surface area contributed by atoms with Crippen LogP contribution in [-0.4, -0.2) is 25.5 Å². The number of amides is 2. The fourth-order valence-electron chi connectivity index (χ4n) is 3.16. The maximum Gasteiger partial charge on any atom is 0.227 e. The second-order valence-corrected chi connectivity index (χ2v) is 6.50. The quantitative estimate of drug-likeness (QED) is 0.846. The minimum atomic E-state index is -0.762. The third-order valence-corrected chi connectivity index (χ3v) is 4.42. The fourth-order valence-corrected chi connectivity index (χ4v) is 3.16. The van der Waals surface area contributed by atoms with Gasteiger partial charge in [0.15, 0.2) is 0 Å². The van der Waals surface area contributed by atoms with Crippen LogP contribution in [0.25, 0.3) is 0 Å². The van der Waals surface area contributed by atoms with Crippen molar-refractivity contribution < 1.29 is 23.1 Å². The largest absolute Gasteiger partial charge is 0.380 e. The van der Waals surface area contributed by atoms with Crippen LogP contribution >= 0.6 is 0 Å². The Labute approximate surface area is 155 Å². The highest BCUT2D eigenvalue weighted by atomic mass is 19.1. The van der Waals surface area contributed by atoms with Crippen LogP contribution in [0.1, 0.15) is 17.5 Å². The topological polar surface area (TPSA) is 58.6 Å². The van der Waals surface area contributed by atoms with Crippen LogP contribution in [0.15, 0.2) is 42.5 Å². The summed E-state index contributed by atoms with van der Waals surface area (Å²) in [6, 6.07) is 10.6. The summed E-state index contributed by atoms with van der Waals surface area (Å²) in [4.78, 5) is 25.9. The summed E-state index contributed by atoms with van der Waals surface area (Å²) >= 11 is 0. The summed E-state index contributed by atoms with van der Waals surface area (Å²) in [6.07, 6.45) is 0.00762. The Hall–Kier alpha value is -2.80. The van der Waals surface area contributed by atoms with E-state index in [9.17, 15) is 18.4 Å². The van der Waals surface area contributed by atoms with Gasteiger partial charge in [-0.2, -0.15) is 0 Å². The molecular formula is C20H20F2N2O3. The van der Waals surface area contributed by atoms with Crippen molar-refractivity contribution in [2.24, 2.45) is 5.92 Å². The number of anilines is 1. The Balaban J connectivity index is 1.61. The van der Waals surface area contributed by atoms with Crippen LogP contribution in [0.4, 0.5) is 14.5 Å². The molecule has 3 rings (SSSR count). The van der Waals surface area contributed by atoms with Gasteiger partial charge in [0.2, 0.25) is 11.8 Å². The Kier molecular flexibility index (Phi) is 5.81. The van der Waals surface area contributed by atoms with Gasteiger partial charge in [-0.15, -0.1) is 0 Å². The maximum absolute atomic E-state index is 13.4. The molecule has 0 spiro atoms. The van der Waals surface area contributed by atoms with Crippen LogP contribution < -0.4 is 10.2 Å². The van der Waals surface area contributed by atoms with E-state index >= 15 is 0 Å². The van der Waals surface area contributed by atoms with Crippen LogP contribution in [0.3, 0.4) is 0 Å². The Morgan fingerprint density at radius 2 is 1.89 bits per heavy atom. The minimum absolute atomic E-state index is 0.00762. The number of nitrogens with one attached hydrogen (secondary N) is 1. The molecule has 1 aliphatic heterocycles. The maximum atomic E-state index is 13.4. The average molecular weight is 374 g/mol. The molecule has 2 aromatic rings. The van der Waals surface area contributed by atoms with E-state index in [-0.39, 0.29) is 30.5 Å². The van der Waals surface area contributed by atoms with Gasteiger partial charge in [-0.3, -0.25) is 9.59 Å². The molecule has 0 aromatic heterocycles. The van der Waals surface area contributed by atoms with E-state index < -0.39 is 17.6 Å². The van der Waals surface area contributed by atoms with E-state index in [0.29, 0.717) is 13.2 Å². The zero-order valence-corrected chi connectivity index (χ0v) is 14.9. The number of halogens is 2. The number of nitrogens with zero attached hydrogens (tertiary/aromatic N) is 1.